The van der Waals surface area contributed by atoms with Gasteiger partial charge in [-0.15, -0.1) is 6.42 Å². The number of hydrogen-bond acceptors (Lipinski definition) is 1. The molecule has 0 aromatic carbocycles. The first kappa shape index (κ1) is 22.2. The molecule has 0 saturated carbocycles. The minimum absolute atomic E-state index is 0. The third-order valence-electron chi connectivity index (χ3n) is 2.30. The van der Waals surface area contributed by atoms with Gasteiger partial charge in [0.2, 0.25) is 0 Å². The maximum atomic E-state index is 5.76. The van der Waals surface area contributed by atoms with E-state index >= 15 is 0 Å². The van der Waals surface area contributed by atoms with Gasteiger partial charge in [0.05, 0.1) is 0 Å². The molecule has 0 unspecified atom stereocenters. The summed E-state index contributed by atoms with van der Waals surface area (Å²) in [5.41, 5.74) is 1.38. The van der Waals surface area contributed by atoms with Crippen LogP contribution in [0, 0.1) is 6.08 Å². The smallest absolute Gasteiger partial charge is 1.00 e. The molecule has 0 fully saturated rings. The van der Waals surface area contributed by atoms with Gasteiger partial charge in [0.25, 0.3) is 0 Å². The van der Waals surface area contributed by atoms with Gasteiger partial charge in [-0.3, -0.25) is 6.08 Å². The van der Waals surface area contributed by atoms with Gasteiger partial charge in [0.1, 0.15) is 0 Å². The Balaban J connectivity index is -0.000000563. The fourth-order valence-corrected chi connectivity index (χ4v) is 3.32. The summed E-state index contributed by atoms with van der Waals surface area (Å²) in [5, 5.41) is 0. The average molecular weight is 314 g/mol. The van der Waals surface area contributed by atoms with Crippen molar-refractivity contribution in [1.29, 1.82) is 0 Å². The molecule has 1 nitrogen and oxygen atoms in total. The van der Waals surface area contributed by atoms with Crippen molar-refractivity contribution in [2.45, 2.75) is 38.9 Å². The fourth-order valence-electron chi connectivity index (χ4n) is 1.52. The van der Waals surface area contributed by atoms with Gasteiger partial charge in [0.15, 0.2) is 8.32 Å². The second-order valence-corrected chi connectivity index (χ2v) is 8.31. The molecule has 1 aliphatic carbocycles. The van der Waals surface area contributed by atoms with Gasteiger partial charge in [0, 0.05) is 6.61 Å². The maximum Gasteiger partial charge on any atom is 3.00 e. The molecule has 0 aromatic heterocycles. The quantitative estimate of drug-likeness (QED) is 0.397. The van der Waals surface area contributed by atoms with Crippen molar-refractivity contribution in [3.05, 3.63) is 23.8 Å². The van der Waals surface area contributed by atoms with Crippen LogP contribution in [0.2, 0.25) is 19.1 Å². The van der Waals surface area contributed by atoms with E-state index in [0.717, 1.165) is 19.4 Å². The van der Waals surface area contributed by atoms with E-state index in [2.05, 4.69) is 38.2 Å². The number of rotatable bonds is 5. The summed E-state index contributed by atoms with van der Waals surface area (Å²) in [7, 11) is -1.37. The molecule has 0 spiro atoms. The van der Waals surface area contributed by atoms with E-state index in [1.807, 2.05) is 0 Å². The number of allylic oxidation sites excluding steroid dienone is 4. The molecule has 16 heavy (non-hydrogen) atoms. The van der Waals surface area contributed by atoms with Gasteiger partial charge < -0.3 is 29.2 Å². The largest absolute Gasteiger partial charge is 3.00 e. The van der Waals surface area contributed by atoms with Crippen molar-refractivity contribution in [2.75, 3.05) is 6.61 Å². The first-order valence-electron chi connectivity index (χ1n) is 5.04. The van der Waals surface area contributed by atoms with E-state index in [4.69, 9.17) is 4.43 Å². The standard InChI is InChI=1S/C11H19OSi.2ClH.Ti/c1-4-12-13(2,3)10-9-11-7-5-6-8-11;;;/h5,7H,4,6,9-10H2,1-3H3;2*1H;/q-1;;;+3/p-2. The fraction of sp³-hybridized carbons (Fsp3) is 0.636. The minimum Gasteiger partial charge on any atom is -1.00 e. The molecule has 0 aliphatic heterocycles. The van der Waals surface area contributed by atoms with E-state index in [1.54, 1.807) is 0 Å². The SMILES string of the molecule is CCO[Si](C)(C)CCC1=[C-]CC=C1.[Cl-].[Cl-].[Ti+3]. The maximum absolute atomic E-state index is 5.76. The summed E-state index contributed by atoms with van der Waals surface area (Å²) in [6.45, 7) is 7.51. The van der Waals surface area contributed by atoms with Crippen LogP contribution in [0.25, 0.3) is 0 Å². The van der Waals surface area contributed by atoms with Crippen molar-refractivity contribution in [3.63, 3.8) is 0 Å². The summed E-state index contributed by atoms with van der Waals surface area (Å²) < 4.78 is 5.76. The molecular formula is C11H19Cl2OSiTi. The second kappa shape index (κ2) is 11.1. The summed E-state index contributed by atoms with van der Waals surface area (Å²) in [6.07, 6.45) is 9.86. The number of halogens is 2. The van der Waals surface area contributed by atoms with E-state index < -0.39 is 8.32 Å². The Bertz CT molecular complexity index is 230. The molecule has 0 atom stereocenters. The summed E-state index contributed by atoms with van der Waals surface area (Å²) in [4.78, 5) is 0. The first-order valence-corrected chi connectivity index (χ1v) is 8.16. The zero-order valence-corrected chi connectivity index (χ0v) is 14.2. The summed E-state index contributed by atoms with van der Waals surface area (Å²) >= 11 is 0. The molecule has 0 aromatic rings. The van der Waals surface area contributed by atoms with Crippen LogP contribution in [0.15, 0.2) is 17.7 Å². The summed E-state index contributed by atoms with van der Waals surface area (Å²) in [6, 6.07) is 1.22. The zero-order valence-electron chi connectivity index (χ0n) is 10.1. The first-order chi connectivity index (χ1) is 6.14. The second-order valence-electron chi connectivity index (χ2n) is 4.00. The van der Waals surface area contributed by atoms with Crippen LogP contribution in [0.3, 0.4) is 0 Å². The van der Waals surface area contributed by atoms with Crippen LogP contribution in [0.1, 0.15) is 19.8 Å². The topological polar surface area (TPSA) is 9.23 Å². The van der Waals surface area contributed by atoms with Crippen molar-refractivity contribution in [1.82, 2.24) is 0 Å². The van der Waals surface area contributed by atoms with E-state index in [9.17, 15) is 0 Å². The predicted molar refractivity (Wildman–Crippen MR) is 59.0 cm³/mol. The van der Waals surface area contributed by atoms with E-state index in [1.165, 1.54) is 11.6 Å². The minimum atomic E-state index is -1.37. The molecule has 0 bridgehead atoms. The Hall–Kier alpha value is 0.951. The van der Waals surface area contributed by atoms with Crippen LogP contribution >= 0.6 is 0 Å². The van der Waals surface area contributed by atoms with Crippen molar-refractivity contribution in [2.24, 2.45) is 0 Å². The Labute approximate surface area is 128 Å². The Morgan fingerprint density at radius 1 is 1.38 bits per heavy atom. The molecule has 1 rings (SSSR count). The molecule has 91 valence electrons. The third-order valence-corrected chi connectivity index (χ3v) is 4.82. The van der Waals surface area contributed by atoms with Gasteiger partial charge in [-0.05, 0) is 26.1 Å². The molecule has 5 heteroatoms. The van der Waals surface area contributed by atoms with Crippen LogP contribution in [0.4, 0.5) is 0 Å². The van der Waals surface area contributed by atoms with Gasteiger partial charge in [-0.2, -0.15) is 6.08 Å². The summed E-state index contributed by atoms with van der Waals surface area (Å²) in [5.74, 6) is 0. The zero-order chi connectivity index (χ0) is 9.73. The monoisotopic (exact) mass is 313 g/mol. The molecule has 0 amide bonds. The van der Waals surface area contributed by atoms with Crippen LogP contribution in [-0.4, -0.2) is 14.9 Å². The van der Waals surface area contributed by atoms with Gasteiger partial charge >= 0.3 is 21.7 Å². The molecule has 1 aliphatic rings. The molecule has 0 saturated heterocycles. The molecular weight excluding hydrogens is 295 g/mol. The molecule has 1 radical (unpaired) electrons. The Morgan fingerprint density at radius 3 is 2.44 bits per heavy atom. The van der Waals surface area contributed by atoms with Crippen molar-refractivity contribution in [3.8, 4) is 0 Å². The predicted octanol–water partition coefficient (Wildman–Crippen LogP) is -2.69. The normalized spacial score (nSPS) is 13.3. The Kier molecular flexibility index (Phi) is 15.3. The third kappa shape index (κ3) is 9.03. The van der Waals surface area contributed by atoms with Crippen molar-refractivity contribution < 1.29 is 51.0 Å². The molecule has 0 heterocycles. The van der Waals surface area contributed by atoms with Crippen LogP contribution in [-0.2, 0) is 26.1 Å². The molecule has 0 N–H and O–H groups in total. The average Bonchev–Trinajstić information content (AvgIpc) is 2.52. The van der Waals surface area contributed by atoms with Crippen LogP contribution < -0.4 is 24.8 Å². The van der Waals surface area contributed by atoms with Gasteiger partial charge in [-0.25, -0.2) is 11.6 Å². The van der Waals surface area contributed by atoms with Gasteiger partial charge in [-0.1, -0.05) is 6.42 Å². The van der Waals surface area contributed by atoms with Crippen molar-refractivity contribution >= 4 is 8.32 Å². The Morgan fingerprint density at radius 2 is 2.00 bits per heavy atom. The van der Waals surface area contributed by atoms with E-state index in [-0.39, 0.29) is 46.5 Å². The van der Waals surface area contributed by atoms with E-state index in [0.29, 0.717) is 0 Å². The number of hydrogen-bond donors (Lipinski definition) is 0. The van der Waals surface area contributed by atoms with Crippen LogP contribution in [0.5, 0.6) is 0 Å².